The summed E-state index contributed by atoms with van der Waals surface area (Å²) in [4.78, 5) is 36.1. The zero-order chi connectivity index (χ0) is 23.5. The Morgan fingerprint density at radius 3 is 2.52 bits per heavy atom. The summed E-state index contributed by atoms with van der Waals surface area (Å²) in [5.74, 6) is 0.718. The second kappa shape index (κ2) is 13.7. The Labute approximate surface area is 204 Å². The van der Waals surface area contributed by atoms with E-state index in [1.54, 1.807) is 11.8 Å². The van der Waals surface area contributed by atoms with Gasteiger partial charge in [0, 0.05) is 40.5 Å². The number of carbonyl (C=O) groups is 3. The maximum Gasteiger partial charge on any atom is 0.303 e. The topological polar surface area (TPSA) is 95.5 Å². The molecule has 2 bridgehead atoms. The number of unbranched alkanes of at least 4 members (excludes halogenated alkanes) is 1. The van der Waals surface area contributed by atoms with Crippen molar-refractivity contribution < 1.29 is 19.5 Å². The number of amides is 2. The largest absolute Gasteiger partial charge is 0.481 e. The van der Waals surface area contributed by atoms with Crippen molar-refractivity contribution in [2.75, 3.05) is 18.8 Å². The Morgan fingerprint density at radius 2 is 1.76 bits per heavy atom. The number of aliphatic carboxylic acids is 1. The second-order valence-electron chi connectivity index (χ2n) is 8.60. The zero-order valence-electron chi connectivity index (χ0n) is 18.9. The molecular formula is C25H34N2O4S2. The quantitative estimate of drug-likeness (QED) is 0.206. The number of hydrogen-bond acceptors (Lipinski definition) is 5. The van der Waals surface area contributed by atoms with Crippen LogP contribution in [0.4, 0.5) is 0 Å². The molecule has 180 valence electrons. The summed E-state index contributed by atoms with van der Waals surface area (Å²) in [5, 5.41) is 15.7. The lowest BCUT2D eigenvalue weighted by Crippen LogP contribution is -2.42. The van der Waals surface area contributed by atoms with Crippen LogP contribution in [-0.2, 0) is 14.4 Å². The standard InChI is InChI=1S/C25H34N2O4S2/c28-23(14-15-32-18-8-4-3-5-9-18)27-17-24(29)26-16-20-19(21-12-13-22(20)33-21)10-6-1-2-7-11-25(30)31/h1,3-6,8-9,19-22H,2,7,10-17H2,(H,26,29)(H,27,28)(H,30,31)/b6-1-/t19-,20+,21-,22+/m0/s1. The highest BCUT2D eigenvalue weighted by molar-refractivity contribution is 8.01. The predicted octanol–water partition coefficient (Wildman–Crippen LogP) is 4.11. The van der Waals surface area contributed by atoms with Crippen molar-refractivity contribution >= 4 is 41.3 Å². The monoisotopic (exact) mass is 490 g/mol. The van der Waals surface area contributed by atoms with Crippen LogP contribution in [0, 0.1) is 11.8 Å². The molecule has 3 rings (SSSR count). The van der Waals surface area contributed by atoms with Crippen LogP contribution in [0.15, 0.2) is 47.4 Å². The van der Waals surface area contributed by atoms with Gasteiger partial charge in [-0.25, -0.2) is 0 Å². The number of rotatable bonds is 14. The summed E-state index contributed by atoms with van der Waals surface area (Å²) >= 11 is 3.70. The van der Waals surface area contributed by atoms with Crippen molar-refractivity contribution in [3.8, 4) is 0 Å². The summed E-state index contributed by atoms with van der Waals surface area (Å²) in [5.41, 5.74) is 0. The SMILES string of the molecule is O=C(O)CCC/C=C\C[C@H]1[C@@H](CNC(=O)CNC(=O)CCSc2ccccc2)[C@H]2CC[C@@H]1S2. The van der Waals surface area contributed by atoms with E-state index >= 15 is 0 Å². The minimum absolute atomic E-state index is 0.0247. The molecule has 1 aromatic rings. The molecule has 2 saturated heterocycles. The number of carboxylic acid groups (broad SMARTS) is 1. The van der Waals surface area contributed by atoms with Crippen molar-refractivity contribution in [1.29, 1.82) is 0 Å². The Bertz CT molecular complexity index is 818. The molecule has 0 unspecified atom stereocenters. The van der Waals surface area contributed by atoms with E-state index in [0.717, 1.165) is 17.7 Å². The number of carbonyl (C=O) groups excluding carboxylic acids is 2. The van der Waals surface area contributed by atoms with E-state index in [4.69, 9.17) is 5.11 Å². The smallest absolute Gasteiger partial charge is 0.303 e. The number of hydrogen-bond donors (Lipinski definition) is 3. The fraction of sp³-hybridized carbons (Fsp3) is 0.560. The van der Waals surface area contributed by atoms with Crippen LogP contribution in [0.2, 0.25) is 0 Å². The van der Waals surface area contributed by atoms with Crippen LogP contribution < -0.4 is 10.6 Å². The molecule has 3 N–H and O–H groups in total. The fourth-order valence-electron chi connectivity index (χ4n) is 4.56. The number of fused-ring (bicyclic) bond motifs is 2. The van der Waals surface area contributed by atoms with Crippen LogP contribution in [0.3, 0.4) is 0 Å². The lowest BCUT2D eigenvalue weighted by molar-refractivity contribution is -0.137. The predicted molar refractivity (Wildman–Crippen MR) is 134 cm³/mol. The number of allylic oxidation sites excluding steroid dienone is 2. The fourth-order valence-corrected chi connectivity index (χ4v) is 7.44. The van der Waals surface area contributed by atoms with E-state index in [9.17, 15) is 14.4 Å². The first-order valence-corrected chi connectivity index (χ1v) is 13.7. The van der Waals surface area contributed by atoms with Gasteiger partial charge in [-0.2, -0.15) is 11.8 Å². The molecule has 0 aromatic heterocycles. The summed E-state index contributed by atoms with van der Waals surface area (Å²) in [7, 11) is 0. The Kier molecular flexibility index (Phi) is 10.7. The molecule has 4 atom stereocenters. The van der Waals surface area contributed by atoms with Gasteiger partial charge in [0.15, 0.2) is 0 Å². The van der Waals surface area contributed by atoms with Crippen molar-refractivity contribution in [2.24, 2.45) is 11.8 Å². The third-order valence-electron chi connectivity index (χ3n) is 6.25. The number of thioether (sulfide) groups is 2. The van der Waals surface area contributed by atoms with Gasteiger partial charge in [0.2, 0.25) is 11.8 Å². The first-order valence-electron chi connectivity index (χ1n) is 11.8. The number of carboxylic acids is 1. The van der Waals surface area contributed by atoms with Gasteiger partial charge >= 0.3 is 5.97 Å². The first kappa shape index (κ1) is 25.7. The first-order chi connectivity index (χ1) is 16.0. The minimum atomic E-state index is -0.744. The van der Waals surface area contributed by atoms with Crippen molar-refractivity contribution in [2.45, 2.75) is 60.3 Å². The van der Waals surface area contributed by atoms with Gasteiger partial charge < -0.3 is 15.7 Å². The summed E-state index contributed by atoms with van der Waals surface area (Å²) in [6.45, 7) is 0.682. The normalized spacial score (nSPS) is 23.6. The highest BCUT2D eigenvalue weighted by Gasteiger charge is 2.47. The molecule has 0 saturated carbocycles. The van der Waals surface area contributed by atoms with Gasteiger partial charge in [-0.3, -0.25) is 14.4 Å². The molecule has 2 heterocycles. The molecule has 0 aliphatic carbocycles. The van der Waals surface area contributed by atoms with Gasteiger partial charge in [-0.05, 0) is 56.1 Å². The van der Waals surface area contributed by atoms with Crippen molar-refractivity contribution in [3.63, 3.8) is 0 Å². The van der Waals surface area contributed by atoms with Crippen molar-refractivity contribution in [3.05, 3.63) is 42.5 Å². The molecule has 2 aliphatic rings. The van der Waals surface area contributed by atoms with Crippen LogP contribution in [0.1, 0.15) is 44.9 Å². The van der Waals surface area contributed by atoms with E-state index in [1.807, 2.05) is 30.3 Å². The minimum Gasteiger partial charge on any atom is -0.481 e. The maximum absolute atomic E-state index is 12.3. The Balaban J connectivity index is 1.32. The van der Waals surface area contributed by atoms with E-state index in [1.165, 1.54) is 12.8 Å². The Hall–Kier alpha value is -1.93. The average Bonchev–Trinajstić information content (AvgIpc) is 3.41. The third-order valence-corrected chi connectivity index (χ3v) is 9.13. The summed E-state index contributed by atoms with van der Waals surface area (Å²) in [6, 6.07) is 9.96. The van der Waals surface area contributed by atoms with E-state index < -0.39 is 5.97 Å². The van der Waals surface area contributed by atoms with Gasteiger partial charge in [0.05, 0.1) is 6.54 Å². The molecular weight excluding hydrogens is 456 g/mol. The highest BCUT2D eigenvalue weighted by Crippen LogP contribution is 2.54. The third kappa shape index (κ3) is 8.74. The van der Waals surface area contributed by atoms with Gasteiger partial charge in [0.1, 0.15) is 0 Å². The average molecular weight is 491 g/mol. The van der Waals surface area contributed by atoms with Crippen LogP contribution in [-0.4, -0.2) is 52.2 Å². The summed E-state index contributed by atoms with van der Waals surface area (Å²) < 4.78 is 0. The lowest BCUT2D eigenvalue weighted by atomic mass is 9.77. The molecule has 0 spiro atoms. The molecule has 1 aromatic carbocycles. The van der Waals surface area contributed by atoms with E-state index in [0.29, 0.717) is 47.5 Å². The summed E-state index contributed by atoms with van der Waals surface area (Å²) in [6.07, 6.45) is 9.80. The zero-order valence-corrected chi connectivity index (χ0v) is 20.5. The van der Waals surface area contributed by atoms with Gasteiger partial charge in [0.25, 0.3) is 0 Å². The van der Waals surface area contributed by atoms with Crippen LogP contribution in [0.25, 0.3) is 0 Å². The van der Waals surface area contributed by atoms with Crippen molar-refractivity contribution in [1.82, 2.24) is 10.6 Å². The number of benzene rings is 1. The highest BCUT2D eigenvalue weighted by atomic mass is 32.2. The van der Waals surface area contributed by atoms with Crippen LogP contribution >= 0.6 is 23.5 Å². The van der Waals surface area contributed by atoms with E-state index in [2.05, 4.69) is 34.5 Å². The second-order valence-corrected chi connectivity index (χ2v) is 11.3. The Morgan fingerprint density at radius 1 is 1.00 bits per heavy atom. The van der Waals surface area contributed by atoms with E-state index in [-0.39, 0.29) is 24.8 Å². The molecule has 2 aliphatic heterocycles. The molecule has 6 nitrogen and oxygen atoms in total. The molecule has 2 fully saturated rings. The van der Waals surface area contributed by atoms with Crippen LogP contribution in [0.5, 0.6) is 0 Å². The molecule has 0 radical (unpaired) electrons. The van der Waals surface area contributed by atoms with Gasteiger partial charge in [-0.15, -0.1) is 11.8 Å². The molecule has 2 amide bonds. The molecule has 8 heteroatoms. The number of nitrogens with one attached hydrogen (secondary N) is 2. The van der Waals surface area contributed by atoms with Gasteiger partial charge in [-0.1, -0.05) is 30.4 Å². The maximum atomic E-state index is 12.3. The molecule has 33 heavy (non-hydrogen) atoms. The lowest BCUT2D eigenvalue weighted by Gasteiger charge is -2.29.